The molecule has 5 nitrogen and oxygen atoms in total. The zero-order chi connectivity index (χ0) is 28.0. The first-order valence-corrected chi connectivity index (χ1v) is 11.8. The lowest BCUT2D eigenvalue weighted by Crippen LogP contribution is -2.28. The summed E-state index contributed by atoms with van der Waals surface area (Å²) in [5.74, 6) is -2.38. The molecule has 200 valence electrons. The number of hydrogen-bond acceptors (Lipinski definition) is 4. The summed E-state index contributed by atoms with van der Waals surface area (Å²) in [5.41, 5.74) is 0.974. The molecule has 0 N–H and O–H groups in total. The van der Waals surface area contributed by atoms with E-state index in [1.807, 2.05) is 13.8 Å². The summed E-state index contributed by atoms with van der Waals surface area (Å²) in [5, 5.41) is 0. The zero-order valence-electron chi connectivity index (χ0n) is 21.1. The van der Waals surface area contributed by atoms with Crippen molar-refractivity contribution in [2.24, 2.45) is 5.92 Å². The SMILES string of the molecule is CC(C)COC(=O)Cc1cc(-c2ccccc2C=O)ccc1C(=O)N(C)Cc1ccc(C(F)(F)F)c(F)c1. The van der Waals surface area contributed by atoms with Crippen LogP contribution in [-0.4, -0.2) is 36.7 Å². The maximum absolute atomic E-state index is 14.0. The Kier molecular flexibility index (Phi) is 9.04. The van der Waals surface area contributed by atoms with Crippen molar-refractivity contribution in [3.8, 4) is 11.1 Å². The maximum Gasteiger partial charge on any atom is 0.419 e. The van der Waals surface area contributed by atoms with Crippen LogP contribution in [0.4, 0.5) is 17.6 Å². The number of esters is 1. The second-order valence-corrected chi connectivity index (χ2v) is 9.30. The van der Waals surface area contributed by atoms with Gasteiger partial charge >= 0.3 is 12.1 Å². The van der Waals surface area contributed by atoms with Crippen LogP contribution in [0.25, 0.3) is 11.1 Å². The number of carbonyl (C=O) groups is 3. The summed E-state index contributed by atoms with van der Waals surface area (Å²) in [4.78, 5) is 38.6. The molecule has 0 fully saturated rings. The van der Waals surface area contributed by atoms with Crippen molar-refractivity contribution in [3.05, 3.63) is 94.3 Å². The average Bonchev–Trinajstić information content (AvgIpc) is 2.86. The van der Waals surface area contributed by atoms with Gasteiger partial charge in [-0.05, 0) is 52.4 Å². The normalized spacial score (nSPS) is 11.4. The summed E-state index contributed by atoms with van der Waals surface area (Å²) in [6.45, 7) is 3.81. The Morgan fingerprint density at radius 2 is 1.74 bits per heavy atom. The fourth-order valence-corrected chi connectivity index (χ4v) is 3.88. The van der Waals surface area contributed by atoms with E-state index in [4.69, 9.17) is 4.74 Å². The summed E-state index contributed by atoms with van der Waals surface area (Å²) >= 11 is 0. The van der Waals surface area contributed by atoms with Crippen molar-refractivity contribution >= 4 is 18.2 Å². The molecule has 0 aliphatic carbocycles. The number of benzene rings is 3. The van der Waals surface area contributed by atoms with E-state index in [1.54, 1.807) is 36.4 Å². The standard InChI is InChI=1S/C29H27F4NO4/c1-18(2)17-38-27(36)14-22-13-20(23-7-5-4-6-21(23)16-35)9-10-24(22)28(37)34(3)15-19-8-11-25(26(30)12-19)29(31,32)33/h4-13,16,18H,14-15,17H2,1-3H3. The lowest BCUT2D eigenvalue weighted by atomic mass is 9.94. The van der Waals surface area contributed by atoms with Crippen LogP contribution < -0.4 is 0 Å². The molecule has 0 heterocycles. The molecule has 38 heavy (non-hydrogen) atoms. The highest BCUT2D eigenvalue weighted by Crippen LogP contribution is 2.32. The van der Waals surface area contributed by atoms with Gasteiger partial charge in [-0.3, -0.25) is 14.4 Å². The maximum atomic E-state index is 14.0. The Hall–Kier alpha value is -4.01. The van der Waals surface area contributed by atoms with E-state index in [0.29, 0.717) is 34.6 Å². The van der Waals surface area contributed by atoms with Gasteiger partial charge in [-0.2, -0.15) is 13.2 Å². The molecular formula is C29H27F4NO4. The third kappa shape index (κ3) is 7.06. The fourth-order valence-electron chi connectivity index (χ4n) is 3.88. The monoisotopic (exact) mass is 529 g/mol. The summed E-state index contributed by atoms with van der Waals surface area (Å²) in [7, 11) is 1.42. The van der Waals surface area contributed by atoms with E-state index in [-0.39, 0.29) is 36.6 Å². The summed E-state index contributed by atoms with van der Waals surface area (Å²) in [6.07, 6.45) is -4.33. The number of halogens is 4. The first kappa shape index (κ1) is 28.6. The molecule has 9 heteroatoms. The molecule has 0 aliphatic rings. The first-order valence-electron chi connectivity index (χ1n) is 11.8. The van der Waals surface area contributed by atoms with Gasteiger partial charge in [0.25, 0.3) is 5.91 Å². The van der Waals surface area contributed by atoms with Gasteiger partial charge in [-0.25, -0.2) is 4.39 Å². The van der Waals surface area contributed by atoms with Crippen LogP contribution in [0.5, 0.6) is 0 Å². The second kappa shape index (κ2) is 12.0. The highest BCUT2D eigenvalue weighted by Gasteiger charge is 2.34. The van der Waals surface area contributed by atoms with Gasteiger partial charge in [0, 0.05) is 24.7 Å². The summed E-state index contributed by atoms with van der Waals surface area (Å²) < 4.78 is 58.0. The van der Waals surface area contributed by atoms with E-state index in [2.05, 4.69) is 0 Å². The predicted octanol–water partition coefficient (Wildman–Crippen LogP) is 6.34. The molecule has 3 aromatic rings. The number of amides is 1. The Balaban J connectivity index is 1.93. The Morgan fingerprint density at radius 1 is 1.03 bits per heavy atom. The molecule has 0 bridgehead atoms. The Labute approximate surface area is 218 Å². The highest BCUT2D eigenvalue weighted by molar-refractivity contribution is 5.98. The van der Waals surface area contributed by atoms with Crippen LogP contribution in [0.15, 0.2) is 60.7 Å². The minimum absolute atomic E-state index is 0.112. The molecule has 0 aromatic heterocycles. The van der Waals surface area contributed by atoms with E-state index in [9.17, 15) is 31.9 Å². The van der Waals surface area contributed by atoms with Gasteiger partial charge in [0.15, 0.2) is 6.29 Å². The topological polar surface area (TPSA) is 63.7 Å². The van der Waals surface area contributed by atoms with Gasteiger partial charge < -0.3 is 9.64 Å². The average molecular weight is 530 g/mol. The van der Waals surface area contributed by atoms with Gasteiger partial charge in [-0.1, -0.05) is 50.2 Å². The number of ether oxygens (including phenoxy) is 1. The molecular weight excluding hydrogens is 502 g/mol. The van der Waals surface area contributed by atoms with Gasteiger partial charge in [0.1, 0.15) is 5.82 Å². The number of alkyl halides is 3. The molecule has 3 aromatic carbocycles. The van der Waals surface area contributed by atoms with Crippen molar-refractivity contribution in [3.63, 3.8) is 0 Å². The molecule has 1 amide bonds. The molecule has 0 saturated heterocycles. The lowest BCUT2D eigenvalue weighted by Gasteiger charge is -2.20. The van der Waals surface area contributed by atoms with Crippen molar-refractivity contribution in [1.29, 1.82) is 0 Å². The minimum atomic E-state index is -4.83. The van der Waals surface area contributed by atoms with E-state index >= 15 is 0 Å². The molecule has 0 radical (unpaired) electrons. The number of hydrogen-bond donors (Lipinski definition) is 0. The first-order chi connectivity index (χ1) is 17.9. The third-order valence-corrected chi connectivity index (χ3v) is 5.75. The largest absolute Gasteiger partial charge is 0.465 e. The van der Waals surface area contributed by atoms with Crippen LogP contribution in [0.2, 0.25) is 0 Å². The molecule has 0 aliphatic heterocycles. The third-order valence-electron chi connectivity index (χ3n) is 5.75. The molecule has 3 rings (SSSR count). The Bertz CT molecular complexity index is 1330. The number of rotatable bonds is 9. The van der Waals surface area contributed by atoms with Crippen molar-refractivity contribution in [2.75, 3.05) is 13.7 Å². The van der Waals surface area contributed by atoms with Crippen LogP contribution in [0.3, 0.4) is 0 Å². The van der Waals surface area contributed by atoms with Crippen LogP contribution in [0, 0.1) is 11.7 Å². The minimum Gasteiger partial charge on any atom is -0.465 e. The molecule has 0 spiro atoms. The summed E-state index contributed by atoms with van der Waals surface area (Å²) in [6, 6.07) is 14.2. The van der Waals surface area contributed by atoms with E-state index < -0.39 is 29.4 Å². The highest BCUT2D eigenvalue weighted by atomic mass is 19.4. The second-order valence-electron chi connectivity index (χ2n) is 9.30. The smallest absolute Gasteiger partial charge is 0.419 e. The van der Waals surface area contributed by atoms with Gasteiger partial charge in [0.05, 0.1) is 18.6 Å². The fraction of sp³-hybridized carbons (Fsp3) is 0.276. The van der Waals surface area contributed by atoms with E-state index in [0.717, 1.165) is 12.1 Å². The quantitative estimate of drug-likeness (QED) is 0.184. The van der Waals surface area contributed by atoms with Crippen LogP contribution in [-0.2, 0) is 28.7 Å². The van der Waals surface area contributed by atoms with Crippen LogP contribution >= 0.6 is 0 Å². The van der Waals surface area contributed by atoms with Crippen molar-refractivity contribution in [1.82, 2.24) is 4.90 Å². The van der Waals surface area contributed by atoms with Crippen molar-refractivity contribution < 1.29 is 36.7 Å². The Morgan fingerprint density at radius 3 is 2.37 bits per heavy atom. The number of carbonyl (C=O) groups excluding carboxylic acids is 3. The number of nitrogens with zero attached hydrogens (tertiary/aromatic N) is 1. The van der Waals surface area contributed by atoms with Gasteiger partial charge in [0.2, 0.25) is 0 Å². The predicted molar refractivity (Wildman–Crippen MR) is 134 cm³/mol. The van der Waals surface area contributed by atoms with Crippen molar-refractivity contribution in [2.45, 2.75) is 33.0 Å². The number of aldehydes is 1. The van der Waals surface area contributed by atoms with Gasteiger partial charge in [-0.15, -0.1) is 0 Å². The molecule has 0 unspecified atom stereocenters. The molecule has 0 saturated carbocycles. The molecule has 0 atom stereocenters. The zero-order valence-corrected chi connectivity index (χ0v) is 21.1. The van der Waals surface area contributed by atoms with E-state index in [1.165, 1.54) is 18.0 Å². The van der Waals surface area contributed by atoms with Crippen LogP contribution in [0.1, 0.15) is 51.3 Å². The lowest BCUT2D eigenvalue weighted by molar-refractivity contribution is -0.144.